The lowest BCUT2D eigenvalue weighted by Crippen LogP contribution is -2.35. The van der Waals surface area contributed by atoms with E-state index in [0.717, 1.165) is 37.8 Å². The number of hydrogen-bond donors (Lipinski definition) is 2. The number of carbonyl (C=O) groups is 1. The van der Waals surface area contributed by atoms with E-state index in [1.165, 1.54) is 16.5 Å². The second-order valence-corrected chi connectivity index (χ2v) is 6.75. The predicted octanol–water partition coefficient (Wildman–Crippen LogP) is 4.27. The number of unbranched alkanes of at least 4 members (excludes halogenated alkanes) is 2. The zero-order valence-electron chi connectivity index (χ0n) is 15.9. The molecule has 0 fully saturated rings. The summed E-state index contributed by atoms with van der Waals surface area (Å²) in [6.45, 7) is 4.43. The summed E-state index contributed by atoms with van der Waals surface area (Å²) in [6, 6.07) is 12.3. The van der Waals surface area contributed by atoms with Crippen molar-refractivity contribution in [3.63, 3.8) is 0 Å². The Labute approximate surface area is 160 Å². The summed E-state index contributed by atoms with van der Waals surface area (Å²) in [5.41, 5.74) is 3.73. The largest absolute Gasteiger partial charge is 0.347 e. The van der Waals surface area contributed by atoms with Crippen molar-refractivity contribution < 1.29 is 4.79 Å². The van der Waals surface area contributed by atoms with Gasteiger partial charge in [-0.2, -0.15) is 0 Å². The monoisotopic (exact) mass is 364 g/mol. The number of pyridine rings is 1. The summed E-state index contributed by atoms with van der Waals surface area (Å²) in [4.78, 5) is 15.8. The van der Waals surface area contributed by atoms with Crippen LogP contribution >= 0.6 is 0 Å². The van der Waals surface area contributed by atoms with E-state index in [-0.39, 0.29) is 6.03 Å². The molecule has 1 aromatic carbocycles. The number of aryl methyl sites for hydroxylation is 2. The molecule has 0 aliphatic rings. The van der Waals surface area contributed by atoms with Crippen molar-refractivity contribution in [3.05, 3.63) is 66.1 Å². The third-order valence-electron chi connectivity index (χ3n) is 4.79. The van der Waals surface area contributed by atoms with Crippen LogP contribution in [0.15, 0.2) is 55.0 Å². The van der Waals surface area contributed by atoms with E-state index in [2.05, 4.69) is 57.6 Å². The fraction of sp³-hybridized carbons (Fsp3) is 0.364. The number of urea groups is 1. The number of amides is 2. The first-order valence-electron chi connectivity index (χ1n) is 9.75. The van der Waals surface area contributed by atoms with Crippen LogP contribution in [0.3, 0.4) is 0 Å². The molecule has 2 aromatic heterocycles. The topological polar surface area (TPSA) is 59.0 Å². The van der Waals surface area contributed by atoms with Crippen molar-refractivity contribution in [1.82, 2.24) is 20.2 Å². The van der Waals surface area contributed by atoms with Gasteiger partial charge in [-0.1, -0.05) is 31.2 Å². The van der Waals surface area contributed by atoms with E-state index in [1.807, 2.05) is 12.1 Å². The second-order valence-electron chi connectivity index (χ2n) is 6.75. The maximum absolute atomic E-state index is 11.8. The number of nitrogens with one attached hydrogen (secondary N) is 2. The Balaban J connectivity index is 1.33. The molecule has 5 nitrogen and oxygen atoms in total. The molecule has 0 aliphatic carbocycles. The molecule has 142 valence electrons. The molecule has 0 radical (unpaired) electrons. The molecule has 2 amide bonds. The molecule has 0 unspecified atom stereocenters. The van der Waals surface area contributed by atoms with Gasteiger partial charge in [0, 0.05) is 49.1 Å². The van der Waals surface area contributed by atoms with Gasteiger partial charge in [0.15, 0.2) is 0 Å². The van der Waals surface area contributed by atoms with Gasteiger partial charge in [0.05, 0.1) is 0 Å². The lowest BCUT2D eigenvalue weighted by atomic mass is 10.1. The predicted molar refractivity (Wildman–Crippen MR) is 110 cm³/mol. The van der Waals surface area contributed by atoms with E-state index < -0.39 is 0 Å². The van der Waals surface area contributed by atoms with Gasteiger partial charge in [0.2, 0.25) is 0 Å². The maximum Gasteiger partial charge on any atom is 0.315 e. The number of nitrogens with zero attached hydrogens (tertiary/aromatic N) is 2. The van der Waals surface area contributed by atoms with Crippen LogP contribution in [0.1, 0.15) is 37.3 Å². The van der Waals surface area contributed by atoms with E-state index in [0.29, 0.717) is 13.1 Å². The lowest BCUT2D eigenvalue weighted by molar-refractivity contribution is 0.240. The third-order valence-corrected chi connectivity index (χ3v) is 4.79. The molecule has 27 heavy (non-hydrogen) atoms. The van der Waals surface area contributed by atoms with Gasteiger partial charge in [-0.05, 0) is 48.9 Å². The van der Waals surface area contributed by atoms with E-state index in [1.54, 1.807) is 12.4 Å². The Hall–Kier alpha value is -2.82. The van der Waals surface area contributed by atoms with Crippen molar-refractivity contribution in [2.75, 3.05) is 6.54 Å². The zero-order chi connectivity index (χ0) is 18.9. The summed E-state index contributed by atoms with van der Waals surface area (Å²) in [5, 5.41) is 7.14. The molecule has 5 heteroatoms. The summed E-state index contributed by atoms with van der Waals surface area (Å²) < 4.78 is 2.36. The highest BCUT2D eigenvalue weighted by Gasteiger charge is 2.06. The first kappa shape index (κ1) is 19.0. The Morgan fingerprint density at radius 1 is 1.07 bits per heavy atom. The first-order valence-corrected chi connectivity index (χ1v) is 9.75. The van der Waals surface area contributed by atoms with Crippen LogP contribution < -0.4 is 10.6 Å². The minimum absolute atomic E-state index is 0.122. The highest BCUT2D eigenvalue weighted by atomic mass is 16.2. The number of para-hydroxylation sites is 1. The molecule has 3 aromatic rings. The first-order chi connectivity index (χ1) is 13.3. The molecule has 0 spiro atoms. The molecule has 0 saturated carbocycles. The van der Waals surface area contributed by atoms with Crippen LogP contribution in [0.4, 0.5) is 4.79 Å². The maximum atomic E-state index is 11.8. The fourth-order valence-corrected chi connectivity index (χ4v) is 3.32. The van der Waals surface area contributed by atoms with Crippen molar-refractivity contribution in [2.45, 2.75) is 45.7 Å². The van der Waals surface area contributed by atoms with Gasteiger partial charge in [0.25, 0.3) is 0 Å². The molecule has 0 atom stereocenters. The van der Waals surface area contributed by atoms with Crippen molar-refractivity contribution in [3.8, 4) is 0 Å². The van der Waals surface area contributed by atoms with Crippen molar-refractivity contribution in [1.29, 1.82) is 0 Å². The standard InChI is InChI=1S/C22H28N4O/c1-2-19-17-26(21-11-5-4-10-20(19)21)14-7-3-6-13-24-22(27)25-16-18-9-8-12-23-15-18/h4-5,8-12,15,17H,2-3,6-7,13-14,16H2,1H3,(H2,24,25,27). The van der Waals surface area contributed by atoms with Crippen LogP contribution in [0.25, 0.3) is 10.9 Å². The van der Waals surface area contributed by atoms with Crippen LogP contribution in [0.5, 0.6) is 0 Å². The molecule has 0 saturated heterocycles. The normalized spacial score (nSPS) is 10.9. The van der Waals surface area contributed by atoms with Crippen LogP contribution in [0, 0.1) is 0 Å². The number of rotatable bonds is 9. The van der Waals surface area contributed by atoms with E-state index in [9.17, 15) is 4.79 Å². The molecule has 2 N–H and O–H groups in total. The Kier molecular flexibility index (Phi) is 6.85. The summed E-state index contributed by atoms with van der Waals surface area (Å²) in [6.07, 6.45) is 10.0. The average Bonchev–Trinajstić information content (AvgIpc) is 3.08. The number of aromatic nitrogens is 2. The highest BCUT2D eigenvalue weighted by Crippen LogP contribution is 2.22. The molecule has 0 aliphatic heterocycles. The van der Waals surface area contributed by atoms with Gasteiger partial charge >= 0.3 is 6.03 Å². The quantitative estimate of drug-likeness (QED) is 0.557. The lowest BCUT2D eigenvalue weighted by Gasteiger charge is -2.08. The third kappa shape index (κ3) is 5.33. The minimum atomic E-state index is -0.122. The molecule has 3 rings (SSSR count). The minimum Gasteiger partial charge on any atom is -0.347 e. The van der Waals surface area contributed by atoms with Crippen molar-refractivity contribution in [2.24, 2.45) is 0 Å². The Morgan fingerprint density at radius 3 is 2.78 bits per heavy atom. The molecular formula is C22H28N4O. The highest BCUT2D eigenvalue weighted by molar-refractivity contribution is 5.83. The molecule has 0 bridgehead atoms. The molecule has 2 heterocycles. The summed E-state index contributed by atoms with van der Waals surface area (Å²) >= 11 is 0. The number of carbonyl (C=O) groups excluding carboxylic acids is 1. The second kappa shape index (κ2) is 9.76. The zero-order valence-corrected chi connectivity index (χ0v) is 15.9. The average molecular weight is 364 g/mol. The van der Waals surface area contributed by atoms with E-state index in [4.69, 9.17) is 0 Å². The Bertz CT molecular complexity index is 857. The fourth-order valence-electron chi connectivity index (χ4n) is 3.32. The number of fused-ring (bicyclic) bond motifs is 1. The summed E-state index contributed by atoms with van der Waals surface area (Å²) in [5.74, 6) is 0. The van der Waals surface area contributed by atoms with Crippen LogP contribution in [-0.4, -0.2) is 22.1 Å². The van der Waals surface area contributed by atoms with E-state index >= 15 is 0 Å². The smallest absolute Gasteiger partial charge is 0.315 e. The van der Waals surface area contributed by atoms with Gasteiger partial charge in [0.1, 0.15) is 0 Å². The van der Waals surface area contributed by atoms with Crippen LogP contribution in [0.2, 0.25) is 0 Å². The SMILES string of the molecule is CCc1cn(CCCCCNC(=O)NCc2cccnc2)c2ccccc12. The van der Waals surface area contributed by atoms with Gasteiger partial charge in [-0.15, -0.1) is 0 Å². The number of hydrogen-bond acceptors (Lipinski definition) is 2. The summed E-state index contributed by atoms with van der Waals surface area (Å²) in [7, 11) is 0. The Morgan fingerprint density at radius 2 is 1.96 bits per heavy atom. The molecular weight excluding hydrogens is 336 g/mol. The number of benzene rings is 1. The van der Waals surface area contributed by atoms with Crippen molar-refractivity contribution >= 4 is 16.9 Å². The van der Waals surface area contributed by atoms with Gasteiger partial charge in [-0.25, -0.2) is 4.79 Å². The van der Waals surface area contributed by atoms with Crippen LogP contribution in [-0.2, 0) is 19.5 Å². The van der Waals surface area contributed by atoms with Gasteiger partial charge < -0.3 is 15.2 Å². The van der Waals surface area contributed by atoms with Gasteiger partial charge in [-0.3, -0.25) is 4.98 Å².